The number of methoxy groups -OCH3 is 1. The summed E-state index contributed by atoms with van der Waals surface area (Å²) in [5.74, 6) is 2.29. The molecule has 0 saturated heterocycles. The summed E-state index contributed by atoms with van der Waals surface area (Å²) < 4.78 is 8.45. The number of aromatic nitrogens is 2. The fraction of sp³-hybridized carbons (Fsp3) is 0.562. The minimum atomic E-state index is 0.508. The van der Waals surface area contributed by atoms with Crippen molar-refractivity contribution in [2.24, 2.45) is 11.8 Å². The molecule has 4 heteroatoms. The molecule has 0 bridgehead atoms. The van der Waals surface area contributed by atoms with Gasteiger partial charge in [-0.1, -0.05) is 26.7 Å². The van der Waals surface area contributed by atoms with E-state index in [0.717, 1.165) is 22.0 Å². The lowest BCUT2D eigenvalue weighted by molar-refractivity contribution is 0.188. The molecule has 1 aromatic heterocycles. The van der Waals surface area contributed by atoms with Gasteiger partial charge in [0.1, 0.15) is 5.75 Å². The molecule has 1 saturated carbocycles. The average Bonchev–Trinajstić information content (AvgIpc) is 2.77. The minimum Gasteiger partial charge on any atom is -0.497 e. The lowest BCUT2D eigenvalue weighted by Gasteiger charge is -2.35. The van der Waals surface area contributed by atoms with Gasteiger partial charge in [-0.25, -0.2) is 0 Å². The van der Waals surface area contributed by atoms with E-state index in [9.17, 15) is 0 Å². The molecule has 3 nitrogen and oxygen atoms in total. The molecule has 1 fully saturated rings. The van der Waals surface area contributed by atoms with Crippen LogP contribution in [0.3, 0.4) is 0 Å². The smallest absolute Gasteiger partial charge is 0.178 e. The summed E-state index contributed by atoms with van der Waals surface area (Å²) in [6.07, 6.45) is 3.85. The molecule has 3 atom stereocenters. The molecule has 1 aliphatic rings. The average molecular weight is 290 g/mol. The fourth-order valence-electron chi connectivity index (χ4n) is 3.48. The standard InChI is InChI=1S/C16H22N2OS/c1-10-5-4-6-14(11(10)2)18-15-8-7-12(19-3)9-13(15)17-16(18)20/h7-11,14H,4-6H2,1-3H3,(H,17,20). The number of imidazole rings is 1. The second-order valence-electron chi connectivity index (χ2n) is 6.02. The molecule has 20 heavy (non-hydrogen) atoms. The van der Waals surface area contributed by atoms with Crippen molar-refractivity contribution in [1.29, 1.82) is 0 Å². The molecule has 0 amide bonds. The summed E-state index contributed by atoms with van der Waals surface area (Å²) in [5.41, 5.74) is 2.27. The number of hydrogen-bond donors (Lipinski definition) is 1. The second-order valence-corrected chi connectivity index (χ2v) is 6.40. The van der Waals surface area contributed by atoms with Crippen LogP contribution in [-0.4, -0.2) is 16.7 Å². The van der Waals surface area contributed by atoms with E-state index in [0.29, 0.717) is 12.0 Å². The lowest BCUT2D eigenvalue weighted by Crippen LogP contribution is -2.27. The van der Waals surface area contributed by atoms with Gasteiger partial charge in [-0.15, -0.1) is 0 Å². The van der Waals surface area contributed by atoms with Crippen molar-refractivity contribution in [3.05, 3.63) is 23.0 Å². The lowest BCUT2D eigenvalue weighted by atomic mass is 9.78. The highest BCUT2D eigenvalue weighted by molar-refractivity contribution is 7.71. The number of benzene rings is 1. The molecule has 0 radical (unpaired) electrons. The Morgan fingerprint density at radius 1 is 1.30 bits per heavy atom. The van der Waals surface area contributed by atoms with Gasteiger partial charge in [0.2, 0.25) is 0 Å². The van der Waals surface area contributed by atoms with E-state index >= 15 is 0 Å². The Labute approximate surface area is 125 Å². The first kappa shape index (κ1) is 13.7. The summed E-state index contributed by atoms with van der Waals surface area (Å²) >= 11 is 5.57. The molecular weight excluding hydrogens is 268 g/mol. The Hall–Kier alpha value is -1.29. The van der Waals surface area contributed by atoms with Crippen molar-refractivity contribution < 1.29 is 4.74 Å². The molecule has 1 N–H and O–H groups in total. The van der Waals surface area contributed by atoms with Gasteiger partial charge in [-0.3, -0.25) is 0 Å². The summed E-state index contributed by atoms with van der Waals surface area (Å²) in [6, 6.07) is 6.66. The van der Waals surface area contributed by atoms with Gasteiger partial charge in [0.15, 0.2) is 4.77 Å². The van der Waals surface area contributed by atoms with Crippen molar-refractivity contribution in [2.45, 2.75) is 39.2 Å². The molecule has 2 aromatic rings. The largest absolute Gasteiger partial charge is 0.497 e. The molecule has 108 valence electrons. The van der Waals surface area contributed by atoms with Gasteiger partial charge in [-0.05, 0) is 42.6 Å². The van der Waals surface area contributed by atoms with E-state index < -0.39 is 0 Å². The topological polar surface area (TPSA) is 29.9 Å². The Bertz CT molecular complexity index is 673. The van der Waals surface area contributed by atoms with Crippen LogP contribution in [0.1, 0.15) is 39.2 Å². The first-order valence-electron chi connectivity index (χ1n) is 7.40. The van der Waals surface area contributed by atoms with E-state index in [4.69, 9.17) is 17.0 Å². The zero-order chi connectivity index (χ0) is 14.3. The van der Waals surface area contributed by atoms with E-state index in [1.807, 2.05) is 12.1 Å². The first-order chi connectivity index (χ1) is 9.61. The van der Waals surface area contributed by atoms with Crippen LogP contribution in [0.5, 0.6) is 5.75 Å². The number of H-pyrrole nitrogens is 1. The van der Waals surface area contributed by atoms with Gasteiger partial charge >= 0.3 is 0 Å². The Morgan fingerprint density at radius 3 is 2.85 bits per heavy atom. The number of rotatable bonds is 2. The number of nitrogens with one attached hydrogen (secondary N) is 1. The monoisotopic (exact) mass is 290 g/mol. The van der Waals surface area contributed by atoms with Crippen molar-refractivity contribution in [1.82, 2.24) is 9.55 Å². The molecule has 3 unspecified atom stereocenters. The number of aromatic amines is 1. The van der Waals surface area contributed by atoms with Crippen molar-refractivity contribution in [3.8, 4) is 5.75 Å². The van der Waals surface area contributed by atoms with Crippen molar-refractivity contribution in [2.75, 3.05) is 7.11 Å². The highest BCUT2D eigenvalue weighted by Crippen LogP contribution is 2.39. The van der Waals surface area contributed by atoms with Crippen molar-refractivity contribution >= 4 is 23.3 Å². The van der Waals surface area contributed by atoms with E-state index in [1.54, 1.807) is 7.11 Å². The molecule has 1 aromatic carbocycles. The summed E-state index contributed by atoms with van der Waals surface area (Å²) in [6.45, 7) is 4.72. The van der Waals surface area contributed by atoms with Gasteiger partial charge < -0.3 is 14.3 Å². The summed E-state index contributed by atoms with van der Waals surface area (Å²) in [4.78, 5) is 3.33. The third kappa shape index (κ3) is 2.16. The van der Waals surface area contributed by atoms with Gasteiger partial charge in [0.05, 0.1) is 18.1 Å². The van der Waals surface area contributed by atoms with Crippen LogP contribution in [0, 0.1) is 16.6 Å². The molecule has 0 spiro atoms. The SMILES string of the molecule is COc1ccc2c(c1)[nH]c(=S)n2C1CCCC(C)C1C. The van der Waals surface area contributed by atoms with Crippen LogP contribution >= 0.6 is 12.2 Å². The van der Waals surface area contributed by atoms with Gasteiger partial charge in [0, 0.05) is 12.1 Å². The van der Waals surface area contributed by atoms with Crippen LogP contribution in [0.15, 0.2) is 18.2 Å². The van der Waals surface area contributed by atoms with Gasteiger partial charge in [-0.2, -0.15) is 0 Å². The fourth-order valence-corrected chi connectivity index (χ4v) is 3.83. The molecular formula is C16H22N2OS. The molecule has 3 rings (SSSR count). The maximum absolute atomic E-state index is 5.57. The normalized spacial score (nSPS) is 26.9. The highest BCUT2D eigenvalue weighted by atomic mass is 32.1. The first-order valence-corrected chi connectivity index (χ1v) is 7.81. The molecule has 1 heterocycles. The quantitative estimate of drug-likeness (QED) is 0.812. The maximum Gasteiger partial charge on any atom is 0.178 e. The zero-order valence-electron chi connectivity index (χ0n) is 12.3. The summed E-state index contributed by atoms with van der Waals surface area (Å²) in [5, 5.41) is 0. The van der Waals surface area contributed by atoms with Crippen LogP contribution in [0.4, 0.5) is 0 Å². The Kier molecular flexibility index (Phi) is 3.59. The van der Waals surface area contributed by atoms with E-state index in [-0.39, 0.29) is 0 Å². The van der Waals surface area contributed by atoms with E-state index in [1.165, 1.54) is 24.8 Å². The summed E-state index contributed by atoms with van der Waals surface area (Å²) in [7, 11) is 1.69. The number of nitrogens with zero attached hydrogens (tertiary/aromatic N) is 1. The molecule has 1 aliphatic carbocycles. The second kappa shape index (κ2) is 5.24. The van der Waals surface area contributed by atoms with Crippen LogP contribution in [0.2, 0.25) is 0 Å². The Balaban J connectivity index is 2.11. The molecule has 0 aliphatic heterocycles. The number of hydrogen-bond acceptors (Lipinski definition) is 2. The predicted molar refractivity (Wildman–Crippen MR) is 84.9 cm³/mol. The third-order valence-electron chi connectivity index (χ3n) is 4.92. The van der Waals surface area contributed by atoms with Crippen LogP contribution in [0.25, 0.3) is 11.0 Å². The Morgan fingerprint density at radius 2 is 2.10 bits per heavy atom. The van der Waals surface area contributed by atoms with Crippen LogP contribution < -0.4 is 4.74 Å². The number of ether oxygens (including phenoxy) is 1. The zero-order valence-corrected chi connectivity index (χ0v) is 13.2. The predicted octanol–water partition coefficient (Wildman–Crippen LogP) is 4.70. The maximum atomic E-state index is 5.57. The number of fused-ring (bicyclic) bond motifs is 1. The highest BCUT2D eigenvalue weighted by Gasteiger charge is 2.29. The van der Waals surface area contributed by atoms with E-state index in [2.05, 4.69) is 29.5 Å². The minimum absolute atomic E-state index is 0.508. The van der Waals surface area contributed by atoms with Gasteiger partial charge in [0.25, 0.3) is 0 Å². The third-order valence-corrected chi connectivity index (χ3v) is 5.22. The van der Waals surface area contributed by atoms with Crippen LogP contribution in [-0.2, 0) is 0 Å². The van der Waals surface area contributed by atoms with Crippen molar-refractivity contribution in [3.63, 3.8) is 0 Å².